The fourth-order valence-corrected chi connectivity index (χ4v) is 2.39. The molecule has 168 valence electrons. The summed E-state index contributed by atoms with van der Waals surface area (Å²) in [7, 11) is 0. The van der Waals surface area contributed by atoms with Crippen molar-refractivity contribution in [2.24, 2.45) is 5.92 Å². The summed E-state index contributed by atoms with van der Waals surface area (Å²) in [4.78, 5) is 11.6. The van der Waals surface area contributed by atoms with Crippen molar-refractivity contribution in [2.45, 2.75) is 68.6 Å². The number of unbranched alkanes of at least 4 members (excludes halogenated alkanes) is 2. The third-order valence-corrected chi connectivity index (χ3v) is 3.79. The molecule has 0 amide bonds. The number of hydrogen-bond acceptors (Lipinski definition) is 1. The summed E-state index contributed by atoms with van der Waals surface area (Å²) in [6.07, 6.45) is -32.8. The van der Waals surface area contributed by atoms with E-state index in [1.54, 1.807) is 0 Å². The quantitative estimate of drug-likeness (QED) is 0.323. The molecule has 0 N–H and O–H groups in total. The summed E-state index contributed by atoms with van der Waals surface area (Å²) in [5.74, 6) is -8.99. The lowest BCUT2D eigenvalue weighted by molar-refractivity contribution is -0.410. The first kappa shape index (κ1) is 26.7. The molecule has 0 saturated carbocycles. The number of carbonyl (C=O) groups excluding carboxylic acids is 1. The van der Waals surface area contributed by atoms with E-state index in [4.69, 9.17) is 0 Å². The van der Waals surface area contributed by atoms with Crippen molar-refractivity contribution in [1.82, 2.24) is 0 Å². The molecule has 0 aliphatic carbocycles. The number of halogens is 14. The van der Waals surface area contributed by atoms with E-state index >= 15 is 0 Å². The lowest BCUT2D eigenvalue weighted by Crippen LogP contribution is -2.72. The minimum absolute atomic E-state index is 0.0799. The zero-order chi connectivity index (χ0) is 23.0. The Labute approximate surface area is 148 Å². The second-order valence-electron chi connectivity index (χ2n) is 5.77. The van der Waals surface area contributed by atoms with Crippen LogP contribution >= 0.6 is 0 Å². The molecule has 0 spiro atoms. The molecule has 0 aromatic rings. The first-order valence-electron chi connectivity index (χ1n) is 7.28. The van der Waals surface area contributed by atoms with Crippen LogP contribution in [0.4, 0.5) is 61.5 Å². The van der Waals surface area contributed by atoms with Crippen LogP contribution in [0.5, 0.6) is 0 Å². The second kappa shape index (κ2) is 7.84. The monoisotopic (exact) mass is 450 g/mol. The summed E-state index contributed by atoms with van der Waals surface area (Å²) in [5, 5.41) is 0. The van der Waals surface area contributed by atoms with E-state index in [2.05, 4.69) is 0 Å². The van der Waals surface area contributed by atoms with Crippen molar-refractivity contribution in [2.75, 3.05) is 0 Å². The van der Waals surface area contributed by atoms with Crippen molar-refractivity contribution in [3.63, 3.8) is 0 Å². The summed E-state index contributed by atoms with van der Waals surface area (Å²) >= 11 is 0. The number of alkyl halides is 14. The summed E-state index contributed by atoms with van der Waals surface area (Å²) in [6, 6.07) is 0. The number of carbonyl (C=O) groups is 1. The molecule has 0 aromatic heterocycles. The van der Waals surface area contributed by atoms with Crippen LogP contribution < -0.4 is 0 Å². The van der Waals surface area contributed by atoms with Gasteiger partial charge in [-0.2, -0.15) is 52.7 Å². The van der Waals surface area contributed by atoms with E-state index in [-0.39, 0.29) is 12.8 Å². The van der Waals surface area contributed by atoms with E-state index in [0.29, 0.717) is 0 Å². The van der Waals surface area contributed by atoms with Crippen molar-refractivity contribution < 1.29 is 66.3 Å². The maximum atomic E-state index is 14.1. The largest absolute Gasteiger partial charge is 0.432 e. The number of ketones is 1. The molecule has 0 unspecified atom stereocenters. The van der Waals surface area contributed by atoms with Crippen LogP contribution in [0.25, 0.3) is 0 Å². The fourth-order valence-electron chi connectivity index (χ4n) is 2.39. The minimum Gasteiger partial charge on any atom is -0.299 e. The first-order valence-corrected chi connectivity index (χ1v) is 7.28. The Balaban J connectivity index is 7.04. The highest BCUT2D eigenvalue weighted by molar-refractivity contribution is 5.84. The molecule has 0 radical (unpaired) electrons. The Bertz CT molecular complexity index is 471. The second-order valence-corrected chi connectivity index (χ2v) is 5.77. The summed E-state index contributed by atoms with van der Waals surface area (Å²) in [5.41, 5.74) is -14.9. The predicted octanol–water partition coefficient (Wildman–Crippen LogP) is 6.42. The van der Waals surface area contributed by atoms with Crippen molar-refractivity contribution in [1.29, 1.82) is 0 Å². The Kier molecular flexibility index (Phi) is 7.47. The molecular weight excluding hydrogens is 438 g/mol. The van der Waals surface area contributed by atoms with Gasteiger partial charge < -0.3 is 0 Å². The molecule has 1 nitrogen and oxygen atoms in total. The van der Waals surface area contributed by atoms with E-state index < -0.39 is 60.6 Å². The van der Waals surface area contributed by atoms with Crippen LogP contribution in [0.2, 0.25) is 0 Å². The molecule has 0 rings (SSSR count). The highest BCUT2D eigenvalue weighted by Crippen LogP contribution is 2.61. The summed E-state index contributed by atoms with van der Waals surface area (Å²) < 4.78 is 181. The fraction of sp³-hybridized carbons (Fsp3) is 0.923. The van der Waals surface area contributed by atoms with Crippen molar-refractivity contribution >= 4 is 5.78 Å². The van der Waals surface area contributed by atoms with Gasteiger partial charge >= 0.3 is 36.0 Å². The van der Waals surface area contributed by atoms with Gasteiger partial charge in [-0.1, -0.05) is 19.8 Å². The maximum Gasteiger partial charge on any atom is 0.432 e. The third kappa shape index (κ3) is 4.47. The third-order valence-electron chi connectivity index (χ3n) is 3.79. The summed E-state index contributed by atoms with van der Waals surface area (Å²) in [6.45, 7) is 1.34. The first-order chi connectivity index (χ1) is 12.1. The lowest BCUT2D eigenvalue weighted by Gasteiger charge is -2.43. The number of rotatable bonds is 7. The van der Waals surface area contributed by atoms with Crippen molar-refractivity contribution in [3.05, 3.63) is 0 Å². The molecule has 0 bridgehead atoms. The highest BCUT2D eigenvalue weighted by Gasteiger charge is 2.89. The normalized spacial score (nSPS) is 15.3. The molecule has 0 saturated heterocycles. The zero-order valence-corrected chi connectivity index (χ0v) is 13.6. The topological polar surface area (TPSA) is 17.1 Å². The van der Waals surface area contributed by atoms with Crippen LogP contribution in [-0.2, 0) is 4.79 Å². The zero-order valence-electron chi connectivity index (χ0n) is 13.6. The Morgan fingerprint density at radius 1 is 0.607 bits per heavy atom. The molecule has 0 aromatic carbocycles. The van der Waals surface area contributed by atoms with Crippen LogP contribution in [0.1, 0.15) is 32.6 Å². The van der Waals surface area contributed by atoms with Gasteiger partial charge in [0.1, 0.15) is 11.7 Å². The molecule has 0 aliphatic rings. The molecule has 0 heterocycles. The van der Waals surface area contributed by atoms with Gasteiger partial charge in [0, 0.05) is 6.42 Å². The van der Waals surface area contributed by atoms with Gasteiger partial charge in [0.15, 0.2) is 0 Å². The van der Waals surface area contributed by atoms with Crippen LogP contribution in [-0.4, -0.2) is 41.8 Å². The van der Waals surface area contributed by atoms with E-state index in [0.717, 1.165) is 0 Å². The average Bonchev–Trinajstić information content (AvgIpc) is 2.42. The molecule has 15 heteroatoms. The smallest absolute Gasteiger partial charge is 0.299 e. The van der Waals surface area contributed by atoms with Gasteiger partial charge in [-0.3, -0.25) is 4.79 Å². The Hall–Kier alpha value is -1.31. The predicted molar refractivity (Wildman–Crippen MR) is 64.5 cm³/mol. The lowest BCUT2D eigenvalue weighted by atomic mass is 9.71. The van der Waals surface area contributed by atoms with E-state index in [1.165, 1.54) is 6.92 Å². The van der Waals surface area contributed by atoms with Gasteiger partial charge in [-0.15, -0.1) is 0 Å². The van der Waals surface area contributed by atoms with Crippen LogP contribution in [0.15, 0.2) is 0 Å². The van der Waals surface area contributed by atoms with Crippen LogP contribution in [0, 0.1) is 5.92 Å². The Morgan fingerprint density at radius 2 is 0.893 bits per heavy atom. The van der Waals surface area contributed by atoms with E-state index in [9.17, 15) is 66.3 Å². The molecule has 28 heavy (non-hydrogen) atoms. The van der Waals surface area contributed by atoms with Gasteiger partial charge in [0.05, 0.1) is 0 Å². The van der Waals surface area contributed by atoms with Crippen LogP contribution in [0.3, 0.4) is 0 Å². The molecule has 0 atom stereocenters. The standard InChI is InChI=1S/C13H12F14O/c1-2-3-4-5-6(28)7(8(14,10(16,17)18)11(19,20)21)9(15,12(22,23)24)13(25,26)27/h7H,2-5H2,1H3. The van der Waals surface area contributed by atoms with Gasteiger partial charge in [0.2, 0.25) is 0 Å². The molecule has 0 fully saturated rings. The number of Topliss-reactive ketones (excluding diaryl/α,β-unsaturated/α-hetero) is 1. The average molecular weight is 450 g/mol. The van der Waals surface area contributed by atoms with Gasteiger partial charge in [0.25, 0.3) is 0 Å². The minimum atomic E-state index is -7.52. The highest BCUT2D eigenvalue weighted by atomic mass is 19.4. The van der Waals surface area contributed by atoms with Gasteiger partial charge in [-0.25, -0.2) is 8.78 Å². The SMILES string of the molecule is CCCCCC(=O)C(C(F)(C(F)(F)F)C(F)(F)F)C(F)(C(F)(F)F)C(F)(F)F. The molecular formula is C13H12F14O. The maximum absolute atomic E-state index is 14.1. The van der Waals surface area contributed by atoms with E-state index in [1.807, 2.05) is 0 Å². The Morgan fingerprint density at radius 3 is 1.11 bits per heavy atom. The molecule has 0 aliphatic heterocycles. The van der Waals surface area contributed by atoms with Crippen molar-refractivity contribution in [3.8, 4) is 0 Å². The van der Waals surface area contributed by atoms with Gasteiger partial charge in [-0.05, 0) is 6.42 Å². The number of hydrogen-bond donors (Lipinski definition) is 0.